The minimum absolute atomic E-state index is 0.106. The van der Waals surface area contributed by atoms with E-state index in [0.717, 1.165) is 12.2 Å². The fourth-order valence-electron chi connectivity index (χ4n) is 1.77. The van der Waals surface area contributed by atoms with E-state index in [4.69, 9.17) is 4.74 Å². The Morgan fingerprint density at radius 3 is 2.72 bits per heavy atom. The molecule has 1 atom stereocenters. The predicted octanol–water partition coefficient (Wildman–Crippen LogP) is 2.08. The van der Waals surface area contributed by atoms with Gasteiger partial charge in [0.2, 0.25) is 0 Å². The lowest BCUT2D eigenvalue weighted by molar-refractivity contribution is 0.195. The third-order valence-corrected chi connectivity index (χ3v) is 2.74. The minimum atomic E-state index is -0.675. The molecule has 0 aromatic heterocycles. The van der Waals surface area contributed by atoms with Gasteiger partial charge >= 0.3 is 0 Å². The van der Waals surface area contributed by atoms with Gasteiger partial charge in [0.1, 0.15) is 5.75 Å². The lowest BCUT2D eigenvalue weighted by Crippen LogP contribution is -2.27. The quantitative estimate of drug-likeness (QED) is 0.729. The number of ether oxygens (including phenoxy) is 1. The van der Waals surface area contributed by atoms with Gasteiger partial charge in [0.25, 0.3) is 0 Å². The van der Waals surface area contributed by atoms with Crippen molar-refractivity contribution in [3.63, 3.8) is 0 Å². The molecule has 0 saturated carbocycles. The molecule has 1 unspecified atom stereocenters. The zero-order valence-corrected chi connectivity index (χ0v) is 11.0. The summed E-state index contributed by atoms with van der Waals surface area (Å²) in [6, 6.07) is 5.26. The van der Waals surface area contributed by atoms with Crippen LogP contribution in [-0.2, 0) is 4.74 Å². The first kappa shape index (κ1) is 14.5. The summed E-state index contributed by atoms with van der Waals surface area (Å²) in [6.45, 7) is 7.34. The zero-order valence-electron chi connectivity index (χ0n) is 11.0. The van der Waals surface area contributed by atoms with Crippen molar-refractivity contribution in [1.82, 2.24) is 0 Å². The molecule has 0 radical (unpaired) electrons. The van der Waals surface area contributed by atoms with Gasteiger partial charge in [-0.25, -0.2) is 0 Å². The normalized spacial score (nSPS) is 12.2. The Labute approximate surface area is 108 Å². The van der Waals surface area contributed by atoms with Crippen LogP contribution in [0.5, 0.6) is 5.75 Å². The van der Waals surface area contributed by atoms with Crippen LogP contribution in [0.1, 0.15) is 18.6 Å². The van der Waals surface area contributed by atoms with Gasteiger partial charge in [-0.05, 0) is 13.0 Å². The Bertz CT molecular complexity index is 391. The van der Waals surface area contributed by atoms with Crippen molar-refractivity contribution in [2.45, 2.75) is 13.0 Å². The number of methoxy groups -OCH3 is 1. The van der Waals surface area contributed by atoms with Gasteiger partial charge in [-0.2, -0.15) is 0 Å². The maximum absolute atomic E-state index is 9.86. The number of aromatic hydroxyl groups is 1. The van der Waals surface area contributed by atoms with Crippen LogP contribution in [0.15, 0.2) is 30.9 Å². The van der Waals surface area contributed by atoms with Crippen LogP contribution < -0.4 is 4.90 Å². The van der Waals surface area contributed by atoms with Crippen LogP contribution in [0.2, 0.25) is 0 Å². The summed E-state index contributed by atoms with van der Waals surface area (Å²) >= 11 is 0. The first-order valence-electron chi connectivity index (χ1n) is 5.96. The number of anilines is 1. The smallest absolute Gasteiger partial charge is 0.123 e. The van der Waals surface area contributed by atoms with E-state index in [-0.39, 0.29) is 5.75 Å². The second-order valence-corrected chi connectivity index (χ2v) is 4.15. The van der Waals surface area contributed by atoms with Crippen LogP contribution in [0.4, 0.5) is 5.69 Å². The molecular formula is C14H21NO3. The Kier molecular flexibility index (Phi) is 5.68. The zero-order chi connectivity index (χ0) is 13.5. The Morgan fingerprint density at radius 2 is 2.22 bits per heavy atom. The fraction of sp³-hybridized carbons (Fsp3) is 0.429. The van der Waals surface area contributed by atoms with E-state index >= 15 is 0 Å². The number of aliphatic hydroxyl groups excluding tert-OH is 1. The number of phenols is 1. The Balaban J connectivity index is 2.91. The van der Waals surface area contributed by atoms with Crippen molar-refractivity contribution in [3.8, 4) is 5.75 Å². The molecule has 1 aromatic rings. The average molecular weight is 251 g/mol. The van der Waals surface area contributed by atoms with Crippen LogP contribution in [0, 0.1) is 0 Å². The molecule has 0 fully saturated rings. The molecular weight excluding hydrogens is 230 g/mol. The highest BCUT2D eigenvalue weighted by Crippen LogP contribution is 2.28. The summed E-state index contributed by atoms with van der Waals surface area (Å²) in [6.07, 6.45) is 1.13. The Morgan fingerprint density at radius 1 is 1.50 bits per heavy atom. The van der Waals surface area contributed by atoms with Crippen LogP contribution in [0.25, 0.3) is 0 Å². The predicted molar refractivity (Wildman–Crippen MR) is 73.0 cm³/mol. The molecule has 0 aliphatic rings. The molecule has 1 aromatic carbocycles. The number of hydrogen-bond donors (Lipinski definition) is 2. The number of phenolic OH excluding ortho intramolecular Hbond substituents is 1. The van der Waals surface area contributed by atoms with Crippen LogP contribution >= 0.6 is 0 Å². The van der Waals surface area contributed by atoms with E-state index in [2.05, 4.69) is 6.58 Å². The second kappa shape index (κ2) is 7.03. The average Bonchev–Trinajstić information content (AvgIpc) is 2.33. The first-order chi connectivity index (χ1) is 8.60. The molecule has 1 rings (SSSR count). The fourth-order valence-corrected chi connectivity index (χ4v) is 1.77. The monoisotopic (exact) mass is 251 g/mol. The molecule has 2 N–H and O–H groups in total. The van der Waals surface area contributed by atoms with E-state index in [1.54, 1.807) is 32.2 Å². The lowest BCUT2D eigenvalue weighted by atomic mass is 10.1. The molecule has 4 heteroatoms. The molecule has 0 saturated heterocycles. The van der Waals surface area contributed by atoms with E-state index in [9.17, 15) is 10.2 Å². The molecule has 0 heterocycles. The van der Waals surface area contributed by atoms with Gasteiger partial charge in [0.05, 0.1) is 12.7 Å². The highest BCUT2D eigenvalue weighted by Gasteiger charge is 2.11. The SMILES string of the molecule is C=CCN(CCOC)c1ccc(C(C)O)c(O)c1. The summed E-state index contributed by atoms with van der Waals surface area (Å²) in [7, 11) is 1.65. The molecule has 0 amide bonds. The molecule has 100 valence electrons. The number of hydrogen-bond acceptors (Lipinski definition) is 4. The number of benzene rings is 1. The lowest BCUT2D eigenvalue weighted by Gasteiger charge is -2.23. The summed E-state index contributed by atoms with van der Waals surface area (Å²) in [5.74, 6) is 0.106. The van der Waals surface area contributed by atoms with E-state index in [1.165, 1.54) is 0 Å². The molecule has 0 aliphatic heterocycles. The summed E-state index contributed by atoms with van der Waals surface area (Å²) < 4.78 is 5.05. The third kappa shape index (κ3) is 3.75. The van der Waals surface area contributed by atoms with Crippen molar-refractivity contribution >= 4 is 5.69 Å². The molecule has 0 spiro atoms. The number of rotatable bonds is 7. The minimum Gasteiger partial charge on any atom is -0.507 e. The standard InChI is InChI=1S/C14H21NO3/c1-4-7-15(8-9-18-3)12-5-6-13(11(2)16)14(17)10-12/h4-6,10-11,16-17H,1,7-9H2,2-3H3. The van der Waals surface area contributed by atoms with Gasteiger partial charge in [-0.1, -0.05) is 12.1 Å². The van der Waals surface area contributed by atoms with Gasteiger partial charge in [-0.3, -0.25) is 0 Å². The first-order valence-corrected chi connectivity index (χ1v) is 5.96. The van der Waals surface area contributed by atoms with Crippen molar-refractivity contribution < 1.29 is 14.9 Å². The van der Waals surface area contributed by atoms with Gasteiger partial charge in [0, 0.05) is 37.5 Å². The van der Waals surface area contributed by atoms with Crippen LogP contribution in [-0.4, -0.2) is 37.0 Å². The van der Waals surface area contributed by atoms with E-state index < -0.39 is 6.10 Å². The molecule has 0 bridgehead atoms. The molecule has 0 aliphatic carbocycles. The van der Waals surface area contributed by atoms with E-state index in [0.29, 0.717) is 18.7 Å². The van der Waals surface area contributed by atoms with Gasteiger partial charge < -0.3 is 19.8 Å². The maximum Gasteiger partial charge on any atom is 0.123 e. The molecule has 18 heavy (non-hydrogen) atoms. The highest BCUT2D eigenvalue weighted by atomic mass is 16.5. The molecule has 4 nitrogen and oxygen atoms in total. The number of aliphatic hydroxyl groups is 1. The highest BCUT2D eigenvalue weighted by molar-refractivity contribution is 5.54. The largest absolute Gasteiger partial charge is 0.507 e. The van der Waals surface area contributed by atoms with Crippen molar-refractivity contribution in [2.75, 3.05) is 31.7 Å². The Hall–Kier alpha value is -1.52. The summed E-state index contributed by atoms with van der Waals surface area (Å²) in [5.41, 5.74) is 1.41. The van der Waals surface area contributed by atoms with Crippen molar-refractivity contribution in [2.24, 2.45) is 0 Å². The second-order valence-electron chi connectivity index (χ2n) is 4.15. The van der Waals surface area contributed by atoms with Crippen molar-refractivity contribution in [3.05, 3.63) is 36.4 Å². The number of nitrogens with zero attached hydrogens (tertiary/aromatic N) is 1. The van der Waals surface area contributed by atoms with Gasteiger partial charge in [0.15, 0.2) is 0 Å². The van der Waals surface area contributed by atoms with Crippen molar-refractivity contribution in [1.29, 1.82) is 0 Å². The summed E-state index contributed by atoms with van der Waals surface area (Å²) in [5, 5.41) is 19.3. The topological polar surface area (TPSA) is 52.9 Å². The maximum atomic E-state index is 9.86. The van der Waals surface area contributed by atoms with Gasteiger partial charge in [-0.15, -0.1) is 6.58 Å². The summed E-state index contributed by atoms with van der Waals surface area (Å²) in [4.78, 5) is 2.04. The van der Waals surface area contributed by atoms with Crippen LogP contribution in [0.3, 0.4) is 0 Å². The third-order valence-electron chi connectivity index (χ3n) is 2.74. The van der Waals surface area contributed by atoms with E-state index in [1.807, 2.05) is 11.0 Å².